The molecule has 1 aromatic rings. The Balaban J connectivity index is 1.69. The highest BCUT2D eigenvalue weighted by molar-refractivity contribution is 5.81. The number of ether oxygens (including phenoxy) is 1. The smallest absolute Gasteiger partial charge is 0.411 e. The Morgan fingerprint density at radius 1 is 1.18 bits per heavy atom. The van der Waals surface area contributed by atoms with Crippen LogP contribution in [0, 0.1) is 5.92 Å². The van der Waals surface area contributed by atoms with E-state index in [0.29, 0.717) is 12.3 Å². The summed E-state index contributed by atoms with van der Waals surface area (Å²) >= 11 is 0. The maximum absolute atomic E-state index is 12.4. The summed E-state index contributed by atoms with van der Waals surface area (Å²) < 4.78 is 5.37. The number of carbonyl (C=O) groups excluding carboxylic acids is 1. The summed E-state index contributed by atoms with van der Waals surface area (Å²) in [5.41, 5.74) is 0.905. The van der Waals surface area contributed by atoms with E-state index in [1.165, 1.54) is 4.90 Å². The van der Waals surface area contributed by atoms with Crippen LogP contribution < -0.4 is 0 Å². The van der Waals surface area contributed by atoms with Gasteiger partial charge in [-0.1, -0.05) is 43.2 Å². The molecule has 118 valence electrons. The van der Waals surface area contributed by atoms with Crippen molar-refractivity contribution >= 4 is 12.1 Å². The van der Waals surface area contributed by atoms with E-state index in [4.69, 9.17) is 4.74 Å². The van der Waals surface area contributed by atoms with Crippen LogP contribution in [0.3, 0.4) is 0 Å². The van der Waals surface area contributed by atoms with E-state index in [2.05, 4.69) is 0 Å². The zero-order valence-electron chi connectivity index (χ0n) is 12.5. The predicted octanol–water partition coefficient (Wildman–Crippen LogP) is 3.04. The molecule has 0 aromatic heterocycles. The van der Waals surface area contributed by atoms with E-state index >= 15 is 0 Å². The van der Waals surface area contributed by atoms with Crippen molar-refractivity contribution in [2.75, 3.05) is 0 Å². The lowest BCUT2D eigenvalue weighted by Crippen LogP contribution is -2.46. The first-order chi connectivity index (χ1) is 10.7. The molecule has 2 unspecified atom stereocenters. The number of aliphatic carboxylic acids is 1. The minimum Gasteiger partial charge on any atom is -0.480 e. The summed E-state index contributed by atoms with van der Waals surface area (Å²) in [7, 11) is 0. The van der Waals surface area contributed by atoms with Crippen LogP contribution in [0.2, 0.25) is 0 Å². The Labute approximate surface area is 129 Å². The molecule has 1 saturated heterocycles. The lowest BCUT2D eigenvalue weighted by Gasteiger charge is -2.32. The van der Waals surface area contributed by atoms with E-state index in [1.54, 1.807) is 0 Å². The molecule has 22 heavy (non-hydrogen) atoms. The second-order valence-electron chi connectivity index (χ2n) is 6.15. The minimum absolute atomic E-state index is 0.0260. The van der Waals surface area contributed by atoms with Crippen molar-refractivity contribution in [3.8, 4) is 0 Å². The van der Waals surface area contributed by atoms with E-state index in [-0.39, 0.29) is 12.6 Å². The van der Waals surface area contributed by atoms with Crippen molar-refractivity contribution < 1.29 is 19.4 Å². The number of amides is 1. The summed E-state index contributed by atoms with van der Waals surface area (Å²) in [5, 5.41) is 9.42. The highest BCUT2D eigenvalue weighted by Crippen LogP contribution is 2.40. The molecule has 5 nitrogen and oxygen atoms in total. The third kappa shape index (κ3) is 2.93. The SMILES string of the molecule is O=C(O)C1CC2CCCC[C@H]2N1C(=O)OCc1ccccc1. The van der Waals surface area contributed by atoms with Gasteiger partial charge in [-0.25, -0.2) is 9.59 Å². The maximum atomic E-state index is 12.4. The number of carboxylic acids is 1. The maximum Gasteiger partial charge on any atom is 0.411 e. The number of likely N-dealkylation sites (tertiary alicyclic amines) is 1. The average molecular weight is 303 g/mol. The van der Waals surface area contributed by atoms with Gasteiger partial charge in [0.1, 0.15) is 12.6 Å². The number of nitrogens with zero attached hydrogens (tertiary/aromatic N) is 1. The van der Waals surface area contributed by atoms with Crippen LogP contribution in [0.1, 0.15) is 37.7 Å². The Morgan fingerprint density at radius 3 is 2.64 bits per heavy atom. The third-order valence-corrected chi connectivity index (χ3v) is 4.79. The van der Waals surface area contributed by atoms with E-state index in [9.17, 15) is 14.7 Å². The Kier molecular flexibility index (Phi) is 4.32. The number of hydrogen-bond donors (Lipinski definition) is 1. The Morgan fingerprint density at radius 2 is 1.91 bits per heavy atom. The highest BCUT2D eigenvalue weighted by atomic mass is 16.6. The molecule has 0 radical (unpaired) electrons. The molecule has 1 heterocycles. The molecule has 0 spiro atoms. The number of carbonyl (C=O) groups is 2. The quantitative estimate of drug-likeness (QED) is 0.932. The molecule has 1 saturated carbocycles. The normalized spacial score (nSPS) is 27.3. The first kappa shape index (κ1) is 14.9. The molecule has 1 aromatic carbocycles. The van der Waals surface area contributed by atoms with Crippen molar-refractivity contribution in [2.45, 2.75) is 50.8 Å². The van der Waals surface area contributed by atoms with Gasteiger partial charge in [-0.15, -0.1) is 0 Å². The number of benzene rings is 1. The number of rotatable bonds is 3. The van der Waals surface area contributed by atoms with Gasteiger partial charge in [0.25, 0.3) is 0 Å². The van der Waals surface area contributed by atoms with Crippen molar-refractivity contribution in [3.05, 3.63) is 35.9 Å². The fourth-order valence-electron chi connectivity index (χ4n) is 3.74. The van der Waals surface area contributed by atoms with Gasteiger partial charge in [-0.05, 0) is 30.7 Å². The van der Waals surface area contributed by atoms with Gasteiger partial charge in [0, 0.05) is 6.04 Å². The van der Waals surface area contributed by atoms with Crippen molar-refractivity contribution in [3.63, 3.8) is 0 Å². The van der Waals surface area contributed by atoms with Crippen molar-refractivity contribution in [1.29, 1.82) is 0 Å². The number of carboxylic acid groups (broad SMARTS) is 1. The second kappa shape index (κ2) is 6.38. The number of hydrogen-bond acceptors (Lipinski definition) is 3. The van der Waals surface area contributed by atoms with Crippen molar-refractivity contribution in [1.82, 2.24) is 4.90 Å². The molecule has 5 heteroatoms. The van der Waals surface area contributed by atoms with Gasteiger partial charge in [0.05, 0.1) is 0 Å². The largest absolute Gasteiger partial charge is 0.480 e. The zero-order chi connectivity index (χ0) is 15.5. The van der Waals surface area contributed by atoms with Gasteiger partial charge >= 0.3 is 12.1 Å². The van der Waals surface area contributed by atoms with Crippen LogP contribution in [0.5, 0.6) is 0 Å². The highest BCUT2D eigenvalue weighted by Gasteiger charge is 2.48. The second-order valence-corrected chi connectivity index (χ2v) is 6.15. The summed E-state index contributed by atoms with van der Waals surface area (Å²) in [5.74, 6) is -0.620. The van der Waals surface area contributed by atoms with Gasteiger partial charge in [-0.2, -0.15) is 0 Å². The summed E-state index contributed by atoms with van der Waals surface area (Å²) in [4.78, 5) is 25.4. The van der Waals surface area contributed by atoms with Crippen molar-refractivity contribution in [2.24, 2.45) is 5.92 Å². The van der Waals surface area contributed by atoms with Crippen LogP contribution in [-0.4, -0.2) is 34.2 Å². The van der Waals surface area contributed by atoms with Crippen LogP contribution >= 0.6 is 0 Å². The fourth-order valence-corrected chi connectivity index (χ4v) is 3.74. The molecule has 1 aliphatic heterocycles. The lowest BCUT2D eigenvalue weighted by atomic mass is 9.85. The van der Waals surface area contributed by atoms with Gasteiger partial charge < -0.3 is 9.84 Å². The van der Waals surface area contributed by atoms with E-state index < -0.39 is 18.1 Å². The zero-order valence-corrected chi connectivity index (χ0v) is 12.5. The van der Waals surface area contributed by atoms with Gasteiger partial charge in [0.15, 0.2) is 0 Å². The van der Waals surface area contributed by atoms with Crippen LogP contribution in [-0.2, 0) is 16.1 Å². The third-order valence-electron chi connectivity index (χ3n) is 4.79. The minimum atomic E-state index is -0.925. The van der Waals surface area contributed by atoms with E-state index in [1.807, 2.05) is 30.3 Å². The molecule has 3 rings (SSSR count). The Bertz CT molecular complexity index is 545. The molecular formula is C17H21NO4. The van der Waals surface area contributed by atoms with Crippen LogP contribution in [0.25, 0.3) is 0 Å². The molecule has 1 aliphatic carbocycles. The predicted molar refractivity (Wildman–Crippen MR) is 80.3 cm³/mol. The van der Waals surface area contributed by atoms with Crippen LogP contribution in [0.4, 0.5) is 4.79 Å². The summed E-state index contributed by atoms with van der Waals surface area (Å²) in [6.07, 6.45) is 4.13. The Hall–Kier alpha value is -2.04. The molecule has 1 amide bonds. The first-order valence-corrected chi connectivity index (χ1v) is 7.88. The molecule has 2 aliphatic rings. The number of fused-ring (bicyclic) bond motifs is 1. The topological polar surface area (TPSA) is 66.8 Å². The van der Waals surface area contributed by atoms with Gasteiger partial charge in [0.2, 0.25) is 0 Å². The average Bonchev–Trinajstić information content (AvgIpc) is 2.93. The van der Waals surface area contributed by atoms with Gasteiger partial charge in [-0.3, -0.25) is 4.90 Å². The summed E-state index contributed by atoms with van der Waals surface area (Å²) in [6.45, 7) is 0.180. The van der Waals surface area contributed by atoms with Crippen LogP contribution in [0.15, 0.2) is 30.3 Å². The first-order valence-electron chi connectivity index (χ1n) is 7.88. The lowest BCUT2D eigenvalue weighted by molar-refractivity contribution is -0.142. The standard InChI is InChI=1S/C17H21NO4/c19-16(20)15-10-13-8-4-5-9-14(13)18(15)17(21)22-11-12-6-2-1-3-7-12/h1-3,6-7,13-15H,4-5,8-11H2,(H,19,20)/t13?,14-,15?/m1/s1. The monoisotopic (exact) mass is 303 g/mol. The fraction of sp³-hybridized carbons (Fsp3) is 0.529. The molecule has 1 N–H and O–H groups in total. The molecule has 2 fully saturated rings. The molecule has 0 bridgehead atoms. The molecule has 3 atom stereocenters. The summed E-state index contributed by atoms with van der Waals surface area (Å²) in [6, 6.07) is 8.73. The molecular weight excluding hydrogens is 282 g/mol. The van der Waals surface area contributed by atoms with E-state index in [0.717, 1.165) is 31.2 Å².